The van der Waals surface area contributed by atoms with Gasteiger partial charge in [-0.2, -0.15) is 0 Å². The molecule has 0 unspecified atom stereocenters. The molecule has 1 rings (SSSR count). The van der Waals surface area contributed by atoms with Crippen molar-refractivity contribution in [1.29, 1.82) is 0 Å². The molecule has 1 N–H and O–H groups in total. The molecule has 0 saturated carbocycles. The van der Waals surface area contributed by atoms with Gasteiger partial charge >= 0.3 is 0 Å². The zero-order chi connectivity index (χ0) is 9.03. The van der Waals surface area contributed by atoms with E-state index < -0.39 is 0 Å². The van der Waals surface area contributed by atoms with E-state index in [4.69, 9.17) is 4.74 Å². The van der Waals surface area contributed by atoms with Crippen LogP contribution < -0.4 is 5.32 Å². The summed E-state index contributed by atoms with van der Waals surface area (Å²) < 4.78 is 5.73. The van der Waals surface area contributed by atoms with Gasteiger partial charge in [0.05, 0.1) is 12.2 Å². The molecule has 2 nitrogen and oxygen atoms in total. The molecule has 1 heterocycles. The number of nitrogens with one attached hydrogen (secondary N) is 1. The number of hydrogen-bond acceptors (Lipinski definition) is 2. The average molecular weight is 171 g/mol. The van der Waals surface area contributed by atoms with Gasteiger partial charge in [-0.1, -0.05) is 0 Å². The van der Waals surface area contributed by atoms with Crippen molar-refractivity contribution in [3.63, 3.8) is 0 Å². The Labute approximate surface area is 75.7 Å². The molecule has 0 aromatic heterocycles. The van der Waals surface area contributed by atoms with Crippen molar-refractivity contribution in [1.82, 2.24) is 5.32 Å². The van der Waals surface area contributed by atoms with E-state index in [0.717, 1.165) is 19.1 Å². The van der Waals surface area contributed by atoms with Crippen molar-refractivity contribution >= 4 is 0 Å². The van der Waals surface area contributed by atoms with Gasteiger partial charge in [0.2, 0.25) is 0 Å². The molecule has 1 aliphatic rings. The number of ether oxygens (including phenoxy) is 1. The minimum atomic E-state index is 0.0252. The van der Waals surface area contributed by atoms with Gasteiger partial charge in [-0.05, 0) is 46.1 Å². The summed E-state index contributed by atoms with van der Waals surface area (Å²) in [5.41, 5.74) is 0.0252. The third-order valence-electron chi connectivity index (χ3n) is 2.15. The fourth-order valence-corrected chi connectivity index (χ4v) is 1.43. The molecule has 0 aliphatic carbocycles. The molecule has 1 saturated heterocycles. The van der Waals surface area contributed by atoms with Crippen LogP contribution in [0.4, 0.5) is 0 Å². The van der Waals surface area contributed by atoms with Crippen LogP contribution in [0.5, 0.6) is 0 Å². The summed E-state index contributed by atoms with van der Waals surface area (Å²) >= 11 is 0. The third-order valence-corrected chi connectivity index (χ3v) is 2.15. The molecule has 0 radical (unpaired) electrons. The maximum Gasteiger partial charge on any atom is 0.0598 e. The Kier molecular flexibility index (Phi) is 3.53. The van der Waals surface area contributed by atoms with Crippen LogP contribution in [0, 0.1) is 5.92 Å². The minimum absolute atomic E-state index is 0.0252. The largest absolute Gasteiger partial charge is 0.376 e. The first-order valence-electron chi connectivity index (χ1n) is 4.92. The second-order valence-electron chi connectivity index (χ2n) is 4.64. The molecule has 0 aromatic carbocycles. The predicted octanol–water partition coefficient (Wildman–Crippen LogP) is 1.80. The lowest BCUT2D eigenvalue weighted by Crippen LogP contribution is -2.34. The Morgan fingerprint density at radius 2 is 2.17 bits per heavy atom. The summed E-state index contributed by atoms with van der Waals surface area (Å²) in [5.74, 6) is 0.734. The summed E-state index contributed by atoms with van der Waals surface area (Å²) in [5, 5.41) is 3.39. The zero-order valence-electron chi connectivity index (χ0n) is 8.52. The molecule has 1 atom stereocenters. The topological polar surface area (TPSA) is 21.3 Å². The van der Waals surface area contributed by atoms with E-state index in [1.165, 1.54) is 19.4 Å². The number of hydrogen-bond donors (Lipinski definition) is 1. The Bertz CT molecular complexity index is 122. The van der Waals surface area contributed by atoms with Crippen LogP contribution in [-0.2, 0) is 4.74 Å². The monoisotopic (exact) mass is 171 g/mol. The van der Waals surface area contributed by atoms with Crippen LogP contribution in [-0.4, -0.2) is 25.3 Å². The molecular formula is C10H21NO. The van der Waals surface area contributed by atoms with E-state index in [0.29, 0.717) is 0 Å². The Hall–Kier alpha value is -0.0800. The summed E-state index contributed by atoms with van der Waals surface area (Å²) in [6, 6.07) is 0. The molecule has 1 aliphatic heterocycles. The first-order chi connectivity index (χ1) is 5.58. The van der Waals surface area contributed by atoms with Gasteiger partial charge in [-0.25, -0.2) is 0 Å². The fraction of sp³-hybridized carbons (Fsp3) is 1.00. The standard InChI is InChI=1S/C10H21NO/c1-10(2,3)12-8-9-5-4-6-11-7-9/h9,11H,4-8H2,1-3H3/t9-/m1/s1. The average Bonchev–Trinajstić information content (AvgIpc) is 2.02. The lowest BCUT2D eigenvalue weighted by molar-refractivity contribution is -0.0255. The highest BCUT2D eigenvalue weighted by atomic mass is 16.5. The summed E-state index contributed by atoms with van der Waals surface area (Å²) in [7, 11) is 0. The van der Waals surface area contributed by atoms with Gasteiger partial charge in [0.15, 0.2) is 0 Å². The van der Waals surface area contributed by atoms with E-state index >= 15 is 0 Å². The van der Waals surface area contributed by atoms with Gasteiger partial charge < -0.3 is 10.1 Å². The first kappa shape index (κ1) is 10.0. The van der Waals surface area contributed by atoms with Crippen LogP contribution in [0.25, 0.3) is 0 Å². The highest BCUT2D eigenvalue weighted by Crippen LogP contribution is 2.14. The smallest absolute Gasteiger partial charge is 0.0598 e. The summed E-state index contributed by atoms with van der Waals surface area (Å²) in [6.45, 7) is 9.58. The van der Waals surface area contributed by atoms with Crippen molar-refractivity contribution < 1.29 is 4.74 Å². The Morgan fingerprint density at radius 3 is 2.67 bits per heavy atom. The van der Waals surface area contributed by atoms with E-state index in [2.05, 4.69) is 26.1 Å². The highest BCUT2D eigenvalue weighted by Gasteiger charge is 2.17. The predicted molar refractivity (Wildman–Crippen MR) is 51.3 cm³/mol. The van der Waals surface area contributed by atoms with E-state index in [1.54, 1.807) is 0 Å². The van der Waals surface area contributed by atoms with Gasteiger partial charge in [0.25, 0.3) is 0 Å². The second-order valence-corrected chi connectivity index (χ2v) is 4.64. The van der Waals surface area contributed by atoms with E-state index in [1.807, 2.05) is 0 Å². The number of rotatable bonds is 2. The molecule has 12 heavy (non-hydrogen) atoms. The highest BCUT2D eigenvalue weighted by molar-refractivity contribution is 4.70. The van der Waals surface area contributed by atoms with Gasteiger partial charge in [0, 0.05) is 6.54 Å². The minimum Gasteiger partial charge on any atom is -0.376 e. The SMILES string of the molecule is CC(C)(C)OC[C@@H]1CCCNC1. The van der Waals surface area contributed by atoms with Crippen molar-refractivity contribution in [2.75, 3.05) is 19.7 Å². The zero-order valence-corrected chi connectivity index (χ0v) is 8.52. The second kappa shape index (κ2) is 4.24. The van der Waals surface area contributed by atoms with Crippen LogP contribution in [0.1, 0.15) is 33.6 Å². The van der Waals surface area contributed by atoms with Crippen molar-refractivity contribution in [2.45, 2.75) is 39.2 Å². The molecular weight excluding hydrogens is 150 g/mol. The lowest BCUT2D eigenvalue weighted by Gasteiger charge is -2.27. The fourth-order valence-electron chi connectivity index (χ4n) is 1.43. The van der Waals surface area contributed by atoms with Gasteiger partial charge in [-0.15, -0.1) is 0 Å². The lowest BCUT2D eigenvalue weighted by atomic mass is 10.0. The van der Waals surface area contributed by atoms with Crippen LogP contribution >= 0.6 is 0 Å². The number of piperidine rings is 1. The Balaban J connectivity index is 2.13. The normalized spacial score (nSPS) is 25.8. The van der Waals surface area contributed by atoms with E-state index in [9.17, 15) is 0 Å². The maximum atomic E-state index is 5.73. The summed E-state index contributed by atoms with van der Waals surface area (Å²) in [6.07, 6.45) is 2.63. The molecule has 0 bridgehead atoms. The van der Waals surface area contributed by atoms with Crippen molar-refractivity contribution in [3.8, 4) is 0 Å². The first-order valence-corrected chi connectivity index (χ1v) is 4.92. The quantitative estimate of drug-likeness (QED) is 0.684. The molecule has 72 valence electrons. The molecule has 0 amide bonds. The molecule has 0 aromatic rings. The molecule has 0 spiro atoms. The molecule has 1 fully saturated rings. The molecule has 2 heteroatoms. The Morgan fingerprint density at radius 1 is 1.42 bits per heavy atom. The van der Waals surface area contributed by atoms with Crippen LogP contribution in [0.3, 0.4) is 0 Å². The summed E-state index contributed by atoms with van der Waals surface area (Å²) in [4.78, 5) is 0. The third kappa shape index (κ3) is 4.07. The van der Waals surface area contributed by atoms with Crippen LogP contribution in [0.2, 0.25) is 0 Å². The van der Waals surface area contributed by atoms with Gasteiger partial charge in [-0.3, -0.25) is 0 Å². The van der Waals surface area contributed by atoms with Crippen molar-refractivity contribution in [2.24, 2.45) is 5.92 Å². The van der Waals surface area contributed by atoms with Crippen molar-refractivity contribution in [3.05, 3.63) is 0 Å². The maximum absolute atomic E-state index is 5.73. The van der Waals surface area contributed by atoms with E-state index in [-0.39, 0.29) is 5.60 Å². The van der Waals surface area contributed by atoms with Crippen LogP contribution in [0.15, 0.2) is 0 Å². The van der Waals surface area contributed by atoms with Gasteiger partial charge in [0.1, 0.15) is 0 Å².